The van der Waals surface area contributed by atoms with Gasteiger partial charge in [0.2, 0.25) is 0 Å². The van der Waals surface area contributed by atoms with Gasteiger partial charge in [-0.2, -0.15) is 0 Å². The van der Waals surface area contributed by atoms with E-state index in [0.29, 0.717) is 17.6 Å². The Balaban J connectivity index is 2.40. The predicted octanol–water partition coefficient (Wildman–Crippen LogP) is 2.29. The molecule has 1 saturated heterocycles. The van der Waals surface area contributed by atoms with Crippen LogP contribution in [0, 0.1) is 0 Å². The first kappa shape index (κ1) is 13.8. The summed E-state index contributed by atoms with van der Waals surface area (Å²) in [5, 5.41) is 0.566. The Labute approximate surface area is 103 Å². The topological polar surface area (TPSA) is 43.4 Å². The number of halogens is 3. The third-order valence-electron chi connectivity index (χ3n) is 3.16. The van der Waals surface area contributed by atoms with Crippen LogP contribution in [0.4, 0.5) is 13.2 Å². The van der Waals surface area contributed by atoms with E-state index in [9.17, 15) is 21.6 Å². The van der Waals surface area contributed by atoms with Crippen LogP contribution in [0.15, 0.2) is 30.3 Å². The molecule has 0 spiro atoms. The van der Waals surface area contributed by atoms with Crippen LogP contribution in [0.2, 0.25) is 0 Å². The van der Waals surface area contributed by atoms with E-state index in [2.05, 4.69) is 3.97 Å². The van der Waals surface area contributed by atoms with E-state index in [1.807, 2.05) is 0 Å². The predicted molar refractivity (Wildman–Crippen MR) is 64.7 cm³/mol. The fraction of sp³-hybridized carbons (Fsp3) is 0.400. The molecule has 0 radical (unpaired) electrons. The monoisotopic (exact) mass is 300 g/mol. The SMILES string of the molecule is CP1(OS(=O)(=O)C(F)(F)F)(c2ccccc2)CC1. The minimum atomic E-state index is -5.54. The van der Waals surface area contributed by atoms with Crippen molar-refractivity contribution in [2.24, 2.45) is 0 Å². The van der Waals surface area contributed by atoms with Crippen molar-refractivity contribution in [3.63, 3.8) is 0 Å². The molecule has 0 bridgehead atoms. The van der Waals surface area contributed by atoms with Crippen LogP contribution < -0.4 is 5.30 Å². The summed E-state index contributed by atoms with van der Waals surface area (Å²) < 4.78 is 64.2. The van der Waals surface area contributed by atoms with Crippen LogP contribution in [-0.4, -0.2) is 32.9 Å². The van der Waals surface area contributed by atoms with E-state index in [4.69, 9.17) is 0 Å². The summed E-state index contributed by atoms with van der Waals surface area (Å²) in [6.07, 6.45) is 0.732. The normalized spacial score (nSPS) is 23.9. The third kappa shape index (κ3) is 2.15. The summed E-state index contributed by atoms with van der Waals surface area (Å²) in [5.74, 6) is 0. The first-order chi connectivity index (χ1) is 8.07. The standard InChI is InChI=1S/C10H12F3O3PS/c1-17(7-8-17,9-5-3-2-4-6-9)16-18(14,15)10(11,12)13/h2-6H,7-8H2,1H3. The van der Waals surface area contributed by atoms with Crippen molar-refractivity contribution >= 4 is 22.3 Å². The van der Waals surface area contributed by atoms with Crippen molar-refractivity contribution in [2.75, 3.05) is 19.0 Å². The number of hydrogen-bond donors (Lipinski definition) is 0. The molecule has 1 fully saturated rings. The number of benzene rings is 1. The molecule has 0 aromatic heterocycles. The van der Waals surface area contributed by atoms with E-state index in [0.717, 1.165) is 0 Å². The van der Waals surface area contributed by atoms with E-state index < -0.39 is 22.5 Å². The maximum atomic E-state index is 12.4. The Morgan fingerprint density at radius 3 is 2.06 bits per heavy atom. The molecule has 0 atom stereocenters. The fourth-order valence-electron chi connectivity index (χ4n) is 1.74. The minimum absolute atomic E-state index is 0.366. The quantitative estimate of drug-likeness (QED) is 0.635. The summed E-state index contributed by atoms with van der Waals surface area (Å²) in [6.45, 7) is -1.84. The molecular formula is C10H12F3O3PS. The fourth-order valence-corrected chi connectivity index (χ4v) is 8.37. The van der Waals surface area contributed by atoms with E-state index in [1.165, 1.54) is 6.66 Å². The molecule has 0 N–H and O–H groups in total. The first-order valence-corrected chi connectivity index (χ1v) is 9.55. The second kappa shape index (κ2) is 3.68. The van der Waals surface area contributed by atoms with Crippen LogP contribution >= 0.6 is 6.83 Å². The van der Waals surface area contributed by atoms with E-state index in [1.54, 1.807) is 30.3 Å². The molecule has 1 aromatic rings. The molecule has 102 valence electrons. The van der Waals surface area contributed by atoms with Crippen LogP contribution in [-0.2, 0) is 14.1 Å². The summed E-state index contributed by atoms with van der Waals surface area (Å²) in [6, 6.07) is 8.28. The Morgan fingerprint density at radius 2 is 1.67 bits per heavy atom. The molecule has 1 aliphatic rings. The van der Waals surface area contributed by atoms with Gasteiger partial charge in [0.15, 0.2) is 0 Å². The number of rotatable bonds is 3. The molecular weight excluding hydrogens is 288 g/mol. The van der Waals surface area contributed by atoms with Gasteiger partial charge in [0.25, 0.3) is 0 Å². The molecule has 1 heterocycles. The van der Waals surface area contributed by atoms with Crippen molar-refractivity contribution < 1.29 is 25.6 Å². The summed E-state index contributed by atoms with van der Waals surface area (Å²) >= 11 is 0. The Kier molecular flexibility index (Phi) is 2.82. The van der Waals surface area contributed by atoms with Gasteiger partial charge in [-0.1, -0.05) is 0 Å². The van der Waals surface area contributed by atoms with Gasteiger partial charge in [-0.3, -0.25) is 0 Å². The van der Waals surface area contributed by atoms with Crippen molar-refractivity contribution in [3.05, 3.63) is 30.3 Å². The molecule has 1 aromatic carbocycles. The Bertz CT molecular complexity index is 564. The maximum absolute atomic E-state index is 12.4. The van der Waals surface area contributed by atoms with Crippen LogP contribution in [0.1, 0.15) is 0 Å². The van der Waals surface area contributed by atoms with Crippen LogP contribution in [0.3, 0.4) is 0 Å². The third-order valence-corrected chi connectivity index (χ3v) is 10.2. The van der Waals surface area contributed by atoms with Gasteiger partial charge in [0.1, 0.15) is 0 Å². The van der Waals surface area contributed by atoms with Crippen molar-refractivity contribution in [1.29, 1.82) is 0 Å². The molecule has 0 saturated carbocycles. The van der Waals surface area contributed by atoms with Crippen LogP contribution in [0.25, 0.3) is 0 Å². The van der Waals surface area contributed by atoms with E-state index in [-0.39, 0.29) is 0 Å². The molecule has 8 heteroatoms. The molecule has 0 unspecified atom stereocenters. The second-order valence-electron chi connectivity index (χ2n) is 4.69. The first-order valence-electron chi connectivity index (χ1n) is 5.17. The van der Waals surface area contributed by atoms with Crippen molar-refractivity contribution in [3.8, 4) is 0 Å². The summed E-state index contributed by atoms with van der Waals surface area (Å²) in [5.41, 5.74) is -5.37. The van der Waals surface area contributed by atoms with E-state index >= 15 is 0 Å². The molecule has 1 aliphatic heterocycles. The average molecular weight is 300 g/mol. The van der Waals surface area contributed by atoms with Crippen LogP contribution in [0.5, 0.6) is 0 Å². The summed E-state index contributed by atoms with van der Waals surface area (Å²) in [7, 11) is -5.54. The van der Waals surface area contributed by atoms with Gasteiger partial charge in [-0.15, -0.1) is 0 Å². The van der Waals surface area contributed by atoms with Gasteiger partial charge in [0.05, 0.1) is 0 Å². The molecule has 3 nitrogen and oxygen atoms in total. The van der Waals surface area contributed by atoms with Crippen molar-refractivity contribution in [1.82, 2.24) is 0 Å². The van der Waals surface area contributed by atoms with Gasteiger partial charge >= 0.3 is 103 Å². The number of hydrogen-bond acceptors (Lipinski definition) is 3. The van der Waals surface area contributed by atoms with Gasteiger partial charge < -0.3 is 0 Å². The molecule has 0 aliphatic carbocycles. The van der Waals surface area contributed by atoms with Gasteiger partial charge in [-0.25, -0.2) is 0 Å². The molecule has 18 heavy (non-hydrogen) atoms. The number of alkyl halides is 3. The Hall–Kier alpha value is -0.650. The molecule has 2 rings (SSSR count). The second-order valence-corrected chi connectivity index (χ2v) is 11.9. The summed E-state index contributed by atoms with van der Waals surface area (Å²) in [4.78, 5) is 0. The van der Waals surface area contributed by atoms with Crippen molar-refractivity contribution in [2.45, 2.75) is 5.51 Å². The molecule has 0 amide bonds. The zero-order valence-electron chi connectivity index (χ0n) is 9.52. The Morgan fingerprint density at radius 1 is 1.17 bits per heavy atom. The zero-order valence-corrected chi connectivity index (χ0v) is 11.2. The van der Waals surface area contributed by atoms with Gasteiger partial charge in [-0.05, 0) is 0 Å². The van der Waals surface area contributed by atoms with Gasteiger partial charge in [0, 0.05) is 0 Å². The zero-order chi connectivity index (χ0) is 13.7. The average Bonchev–Trinajstić information content (AvgIpc) is 2.92.